The van der Waals surface area contributed by atoms with Gasteiger partial charge in [0.25, 0.3) is 0 Å². The van der Waals surface area contributed by atoms with Crippen molar-refractivity contribution in [2.24, 2.45) is 0 Å². The van der Waals surface area contributed by atoms with E-state index >= 15 is 0 Å². The lowest BCUT2D eigenvalue weighted by Crippen LogP contribution is -2.15. The van der Waals surface area contributed by atoms with E-state index in [4.69, 9.17) is 16.3 Å². The fourth-order valence-electron chi connectivity index (χ4n) is 2.41. The van der Waals surface area contributed by atoms with Gasteiger partial charge in [0.1, 0.15) is 18.2 Å². The summed E-state index contributed by atoms with van der Waals surface area (Å²) in [6, 6.07) is 11.7. The van der Waals surface area contributed by atoms with Gasteiger partial charge in [0.15, 0.2) is 0 Å². The minimum Gasteiger partial charge on any atom is -0.473 e. The fourth-order valence-corrected chi connectivity index (χ4v) is 2.92. The second kappa shape index (κ2) is 9.03. The minimum absolute atomic E-state index is 0.0160. The highest BCUT2D eigenvalue weighted by Crippen LogP contribution is 2.22. The van der Waals surface area contributed by atoms with Crippen LogP contribution < -0.4 is 10.1 Å². The largest absolute Gasteiger partial charge is 0.473 e. The van der Waals surface area contributed by atoms with Gasteiger partial charge in [-0.15, -0.1) is 12.6 Å². The topological polar surface area (TPSA) is 51.2 Å². The van der Waals surface area contributed by atoms with Crippen molar-refractivity contribution in [3.05, 3.63) is 82.5 Å². The van der Waals surface area contributed by atoms with Crippen LogP contribution in [0.25, 0.3) is 0 Å². The molecule has 1 amide bonds. The van der Waals surface area contributed by atoms with Crippen molar-refractivity contribution in [1.29, 1.82) is 0 Å². The van der Waals surface area contributed by atoms with E-state index in [1.807, 2.05) is 0 Å². The third kappa shape index (κ3) is 5.43. The monoisotopic (exact) mass is 420 g/mol. The lowest BCUT2D eigenvalue weighted by atomic mass is 10.1. The fraction of sp³-hybridized carbons (Fsp3) is 0.100. The number of aromatic nitrogens is 1. The number of carbonyl (C=O) groups excluding carboxylic acids is 1. The molecule has 1 heterocycles. The molecule has 2 aromatic carbocycles. The molecule has 4 nitrogen and oxygen atoms in total. The Balaban J connectivity index is 1.60. The number of ether oxygens (including phenoxy) is 1. The summed E-state index contributed by atoms with van der Waals surface area (Å²) >= 11 is 10.3. The standard InChI is InChI=1S/C20H15ClF2N2O2S/c21-17-8-14(22)3-1-12(17)7-19(26)25-16-5-2-13(18(28)9-16)11-27-20-6-4-15(23)10-24-20/h1-6,8-10,28H,7,11H2,(H,25,26). The Morgan fingerprint density at radius 3 is 2.50 bits per heavy atom. The number of nitrogens with one attached hydrogen (secondary N) is 1. The number of amides is 1. The maximum atomic E-state index is 13.1. The van der Waals surface area contributed by atoms with Crippen LogP contribution in [-0.2, 0) is 17.8 Å². The highest BCUT2D eigenvalue weighted by Gasteiger charge is 2.10. The quantitative estimate of drug-likeness (QED) is 0.548. The molecule has 0 saturated heterocycles. The molecular weight excluding hydrogens is 406 g/mol. The summed E-state index contributed by atoms with van der Waals surface area (Å²) in [4.78, 5) is 16.6. The zero-order chi connectivity index (χ0) is 20.1. The summed E-state index contributed by atoms with van der Waals surface area (Å²) < 4.78 is 31.4. The molecule has 1 N–H and O–H groups in total. The first kappa shape index (κ1) is 20.1. The normalized spacial score (nSPS) is 10.6. The maximum Gasteiger partial charge on any atom is 0.228 e. The van der Waals surface area contributed by atoms with Gasteiger partial charge in [0.2, 0.25) is 11.8 Å². The lowest BCUT2D eigenvalue weighted by Gasteiger charge is -2.11. The summed E-state index contributed by atoms with van der Waals surface area (Å²) in [5, 5.41) is 2.95. The van der Waals surface area contributed by atoms with E-state index in [0.29, 0.717) is 22.0 Å². The molecule has 0 aliphatic heterocycles. The summed E-state index contributed by atoms with van der Waals surface area (Å²) in [6.07, 6.45) is 1.09. The molecule has 3 rings (SSSR count). The van der Waals surface area contributed by atoms with Crippen LogP contribution in [0.5, 0.6) is 5.88 Å². The average Bonchev–Trinajstić information content (AvgIpc) is 2.65. The van der Waals surface area contributed by atoms with E-state index in [1.165, 1.54) is 30.3 Å². The van der Waals surface area contributed by atoms with Gasteiger partial charge in [-0.3, -0.25) is 4.79 Å². The highest BCUT2D eigenvalue weighted by atomic mass is 35.5. The zero-order valence-electron chi connectivity index (χ0n) is 14.5. The van der Waals surface area contributed by atoms with Gasteiger partial charge in [0.05, 0.1) is 12.6 Å². The van der Waals surface area contributed by atoms with E-state index in [2.05, 4.69) is 22.9 Å². The van der Waals surface area contributed by atoms with Crippen LogP contribution in [0.4, 0.5) is 14.5 Å². The molecule has 0 aliphatic carbocycles. The molecule has 1 aromatic heterocycles. The molecule has 0 saturated carbocycles. The van der Waals surface area contributed by atoms with E-state index in [-0.39, 0.29) is 24.0 Å². The summed E-state index contributed by atoms with van der Waals surface area (Å²) in [5.74, 6) is -0.893. The maximum absolute atomic E-state index is 13.1. The van der Waals surface area contributed by atoms with E-state index in [0.717, 1.165) is 11.8 Å². The SMILES string of the molecule is O=C(Cc1ccc(F)cc1Cl)Nc1ccc(COc2ccc(F)cn2)c(S)c1. The first-order valence-electron chi connectivity index (χ1n) is 8.21. The molecule has 0 atom stereocenters. The van der Waals surface area contributed by atoms with Crippen molar-refractivity contribution >= 4 is 35.8 Å². The molecule has 0 bridgehead atoms. The first-order chi connectivity index (χ1) is 13.4. The van der Waals surface area contributed by atoms with Crippen molar-refractivity contribution in [3.8, 4) is 5.88 Å². The zero-order valence-corrected chi connectivity index (χ0v) is 16.1. The Morgan fingerprint density at radius 1 is 1.07 bits per heavy atom. The van der Waals surface area contributed by atoms with Crippen molar-refractivity contribution in [2.45, 2.75) is 17.9 Å². The van der Waals surface area contributed by atoms with Crippen LogP contribution in [0.3, 0.4) is 0 Å². The molecule has 8 heteroatoms. The van der Waals surface area contributed by atoms with Crippen molar-refractivity contribution < 1.29 is 18.3 Å². The summed E-state index contributed by atoms with van der Waals surface area (Å²) in [5.41, 5.74) is 1.86. The van der Waals surface area contributed by atoms with Gasteiger partial charge in [-0.1, -0.05) is 23.7 Å². The van der Waals surface area contributed by atoms with Crippen LogP contribution in [0.1, 0.15) is 11.1 Å². The Morgan fingerprint density at radius 2 is 1.82 bits per heavy atom. The molecule has 3 aromatic rings. The molecule has 28 heavy (non-hydrogen) atoms. The smallest absolute Gasteiger partial charge is 0.228 e. The van der Waals surface area contributed by atoms with Gasteiger partial charge < -0.3 is 10.1 Å². The van der Waals surface area contributed by atoms with Crippen molar-refractivity contribution in [1.82, 2.24) is 4.98 Å². The number of anilines is 1. The number of carbonyl (C=O) groups is 1. The van der Waals surface area contributed by atoms with Crippen LogP contribution in [0, 0.1) is 11.6 Å². The Labute approximate surface area is 170 Å². The first-order valence-corrected chi connectivity index (χ1v) is 9.03. The lowest BCUT2D eigenvalue weighted by molar-refractivity contribution is -0.115. The predicted molar refractivity (Wildman–Crippen MR) is 106 cm³/mol. The van der Waals surface area contributed by atoms with Gasteiger partial charge in [-0.2, -0.15) is 0 Å². The number of hydrogen-bond acceptors (Lipinski definition) is 4. The van der Waals surface area contributed by atoms with E-state index in [9.17, 15) is 13.6 Å². The third-order valence-corrected chi connectivity index (χ3v) is 4.58. The van der Waals surface area contributed by atoms with E-state index in [1.54, 1.807) is 18.2 Å². The Bertz CT molecular complexity index is 1000. The van der Waals surface area contributed by atoms with Gasteiger partial charge in [-0.25, -0.2) is 13.8 Å². The van der Waals surface area contributed by atoms with Crippen molar-refractivity contribution in [2.75, 3.05) is 5.32 Å². The second-order valence-electron chi connectivity index (χ2n) is 5.91. The van der Waals surface area contributed by atoms with Gasteiger partial charge in [-0.05, 0) is 35.9 Å². The van der Waals surface area contributed by atoms with Crippen LogP contribution >= 0.6 is 24.2 Å². The summed E-state index contributed by atoms with van der Waals surface area (Å²) in [7, 11) is 0. The van der Waals surface area contributed by atoms with Crippen LogP contribution in [0.2, 0.25) is 5.02 Å². The molecule has 144 valence electrons. The number of benzene rings is 2. The van der Waals surface area contributed by atoms with Crippen LogP contribution in [0.15, 0.2) is 59.6 Å². The third-order valence-electron chi connectivity index (χ3n) is 3.81. The number of pyridine rings is 1. The second-order valence-corrected chi connectivity index (χ2v) is 6.80. The molecule has 0 spiro atoms. The Hall–Kier alpha value is -2.64. The minimum atomic E-state index is -0.456. The van der Waals surface area contributed by atoms with Gasteiger partial charge >= 0.3 is 0 Å². The highest BCUT2D eigenvalue weighted by molar-refractivity contribution is 7.80. The molecule has 0 radical (unpaired) electrons. The molecular formula is C20H15ClF2N2O2S. The Kier molecular flexibility index (Phi) is 6.49. The predicted octanol–water partition coefficient (Wildman–Crippen LogP) is 5.06. The number of thiol groups is 1. The molecule has 0 aliphatic rings. The average molecular weight is 421 g/mol. The summed E-state index contributed by atoms with van der Waals surface area (Å²) in [6.45, 7) is 0.191. The van der Waals surface area contributed by atoms with Crippen LogP contribution in [-0.4, -0.2) is 10.9 Å². The molecule has 0 fully saturated rings. The number of rotatable bonds is 6. The van der Waals surface area contributed by atoms with E-state index < -0.39 is 11.6 Å². The molecule has 0 unspecified atom stereocenters. The van der Waals surface area contributed by atoms with Crippen molar-refractivity contribution in [3.63, 3.8) is 0 Å². The number of hydrogen-bond donors (Lipinski definition) is 2. The number of halogens is 3. The van der Waals surface area contributed by atoms with Gasteiger partial charge in [0, 0.05) is 27.2 Å². The number of nitrogens with zero attached hydrogens (tertiary/aromatic N) is 1.